The number of nitrogens with one attached hydrogen (secondary N) is 1. The Bertz CT molecular complexity index is 1160. The van der Waals surface area contributed by atoms with Crippen LogP contribution in [0.15, 0.2) is 30.6 Å². The molecule has 0 spiro atoms. The van der Waals surface area contributed by atoms with E-state index in [2.05, 4.69) is 19.8 Å². The molecule has 0 saturated heterocycles. The minimum absolute atomic E-state index is 0.0193. The largest absolute Gasteiger partial charge is 0.281 e. The van der Waals surface area contributed by atoms with Crippen LogP contribution in [-0.2, 0) is 16.4 Å². The second kappa shape index (κ2) is 8.08. The Labute approximate surface area is 174 Å². The Hall–Kier alpha value is -2.52. The molecule has 0 saturated carbocycles. The summed E-state index contributed by atoms with van der Waals surface area (Å²) in [5, 5.41) is 4.71. The monoisotopic (exact) mass is 437 g/mol. The van der Waals surface area contributed by atoms with Crippen molar-refractivity contribution in [2.75, 3.05) is 11.0 Å². The summed E-state index contributed by atoms with van der Waals surface area (Å²) >= 11 is 6.15. The van der Waals surface area contributed by atoms with Gasteiger partial charge in [0.25, 0.3) is 0 Å². The zero-order valence-corrected chi connectivity index (χ0v) is 18.0. The summed E-state index contributed by atoms with van der Waals surface area (Å²) in [5.74, 6) is -0.114. The molecule has 0 atom stereocenters. The zero-order valence-electron chi connectivity index (χ0n) is 16.4. The van der Waals surface area contributed by atoms with Gasteiger partial charge in [-0.15, -0.1) is 0 Å². The third-order valence-corrected chi connectivity index (χ3v) is 4.96. The molecule has 0 aliphatic carbocycles. The van der Waals surface area contributed by atoms with Crippen LogP contribution >= 0.6 is 11.6 Å². The molecule has 0 aliphatic rings. The maximum absolute atomic E-state index is 15.3. The topological polar surface area (TPSA) is 89.8 Å². The summed E-state index contributed by atoms with van der Waals surface area (Å²) in [6.07, 6.45) is 5.02. The van der Waals surface area contributed by atoms with Crippen LogP contribution in [0.1, 0.15) is 32.6 Å². The van der Waals surface area contributed by atoms with Gasteiger partial charge >= 0.3 is 0 Å². The van der Waals surface area contributed by atoms with Gasteiger partial charge in [-0.05, 0) is 32.0 Å². The van der Waals surface area contributed by atoms with Gasteiger partial charge < -0.3 is 0 Å². The Morgan fingerprint density at radius 1 is 1.28 bits per heavy atom. The SMILES string of the molecule is CCc1nccc(-c2cn(C(C)C)nc2-c2cc(Cl)cc(NS(C)(=O)=O)c2F)n1. The third-order valence-electron chi connectivity index (χ3n) is 4.15. The molecule has 1 N–H and O–H groups in total. The second-order valence-corrected chi connectivity index (χ2v) is 9.05. The maximum Gasteiger partial charge on any atom is 0.229 e. The molecule has 0 radical (unpaired) electrons. The molecular weight excluding hydrogens is 417 g/mol. The van der Waals surface area contributed by atoms with Gasteiger partial charge in [-0.1, -0.05) is 18.5 Å². The molecule has 7 nitrogen and oxygen atoms in total. The van der Waals surface area contributed by atoms with Gasteiger partial charge in [-0.2, -0.15) is 5.10 Å². The summed E-state index contributed by atoms with van der Waals surface area (Å²) in [6.45, 7) is 5.84. The number of anilines is 1. The van der Waals surface area contributed by atoms with E-state index < -0.39 is 15.8 Å². The second-order valence-electron chi connectivity index (χ2n) is 6.87. The lowest BCUT2D eigenvalue weighted by Gasteiger charge is -2.11. The van der Waals surface area contributed by atoms with Crippen molar-refractivity contribution in [2.45, 2.75) is 33.2 Å². The first-order valence-electron chi connectivity index (χ1n) is 8.97. The van der Waals surface area contributed by atoms with Crippen LogP contribution in [0.3, 0.4) is 0 Å². The highest BCUT2D eigenvalue weighted by molar-refractivity contribution is 7.92. The summed E-state index contributed by atoms with van der Waals surface area (Å²) in [6, 6.07) is 4.39. The van der Waals surface area contributed by atoms with Gasteiger partial charge in [0.1, 0.15) is 11.5 Å². The molecule has 3 rings (SSSR count). The Morgan fingerprint density at radius 3 is 2.62 bits per heavy atom. The molecule has 2 aromatic heterocycles. The number of halogens is 2. The molecular formula is C19H21ClFN5O2S. The minimum atomic E-state index is -3.69. The molecule has 2 heterocycles. The van der Waals surface area contributed by atoms with Gasteiger partial charge in [0.2, 0.25) is 10.0 Å². The van der Waals surface area contributed by atoms with E-state index in [1.807, 2.05) is 20.8 Å². The van der Waals surface area contributed by atoms with Crippen LogP contribution < -0.4 is 4.72 Å². The summed E-state index contributed by atoms with van der Waals surface area (Å²) < 4.78 is 42.3. The molecule has 1 aromatic carbocycles. The van der Waals surface area contributed by atoms with Gasteiger partial charge in [0, 0.05) is 41.0 Å². The fourth-order valence-electron chi connectivity index (χ4n) is 2.80. The first-order valence-corrected chi connectivity index (χ1v) is 11.2. The number of nitrogens with zero attached hydrogens (tertiary/aromatic N) is 4. The van der Waals surface area contributed by atoms with Crippen molar-refractivity contribution in [1.82, 2.24) is 19.7 Å². The third kappa shape index (κ3) is 4.73. The number of benzene rings is 1. The first-order chi connectivity index (χ1) is 13.6. The fourth-order valence-corrected chi connectivity index (χ4v) is 3.56. The number of aryl methyl sites for hydroxylation is 1. The summed E-state index contributed by atoms with van der Waals surface area (Å²) in [5.41, 5.74) is 1.35. The maximum atomic E-state index is 15.3. The van der Waals surface area contributed by atoms with E-state index in [1.165, 1.54) is 12.1 Å². The van der Waals surface area contributed by atoms with Crippen molar-refractivity contribution in [3.63, 3.8) is 0 Å². The highest BCUT2D eigenvalue weighted by Crippen LogP contribution is 2.37. The average Bonchev–Trinajstić information content (AvgIpc) is 3.09. The van der Waals surface area contributed by atoms with E-state index in [9.17, 15) is 8.42 Å². The van der Waals surface area contributed by atoms with Crippen LogP contribution in [0.25, 0.3) is 22.5 Å². The Morgan fingerprint density at radius 2 is 2.00 bits per heavy atom. The van der Waals surface area contributed by atoms with E-state index in [4.69, 9.17) is 11.6 Å². The van der Waals surface area contributed by atoms with Crippen molar-refractivity contribution in [2.24, 2.45) is 0 Å². The van der Waals surface area contributed by atoms with Gasteiger partial charge in [0.15, 0.2) is 5.82 Å². The Balaban J connectivity index is 2.25. The van der Waals surface area contributed by atoms with E-state index in [0.29, 0.717) is 29.2 Å². The number of sulfonamides is 1. The van der Waals surface area contributed by atoms with Gasteiger partial charge in [0.05, 0.1) is 17.6 Å². The quantitative estimate of drug-likeness (QED) is 0.620. The lowest BCUT2D eigenvalue weighted by atomic mass is 10.0. The molecule has 154 valence electrons. The van der Waals surface area contributed by atoms with Crippen LogP contribution in [0.4, 0.5) is 10.1 Å². The van der Waals surface area contributed by atoms with Crippen LogP contribution in [0, 0.1) is 5.82 Å². The van der Waals surface area contributed by atoms with Crippen molar-refractivity contribution in [3.05, 3.63) is 47.3 Å². The number of hydrogen-bond donors (Lipinski definition) is 1. The summed E-state index contributed by atoms with van der Waals surface area (Å²) in [4.78, 5) is 8.73. The zero-order chi connectivity index (χ0) is 21.3. The smallest absolute Gasteiger partial charge is 0.229 e. The molecule has 0 amide bonds. The lowest BCUT2D eigenvalue weighted by molar-refractivity contribution is 0.533. The van der Waals surface area contributed by atoms with Crippen molar-refractivity contribution < 1.29 is 12.8 Å². The standard InChI is InChI=1S/C19H21ClFN5O2S/c1-5-17-22-7-6-15(23-17)14-10-26(11(2)3)24-19(14)13-8-12(20)9-16(18(13)21)25-29(4,27)28/h6-11,25H,5H2,1-4H3. The molecule has 0 fully saturated rings. The van der Waals surface area contributed by atoms with Crippen LogP contribution in [-0.4, -0.2) is 34.4 Å². The molecule has 0 aliphatic heterocycles. The average molecular weight is 438 g/mol. The van der Waals surface area contributed by atoms with Crippen LogP contribution in [0.5, 0.6) is 0 Å². The minimum Gasteiger partial charge on any atom is -0.281 e. The number of rotatable bonds is 6. The predicted octanol–water partition coefficient (Wildman–Crippen LogP) is 4.31. The van der Waals surface area contributed by atoms with E-state index in [1.54, 1.807) is 23.1 Å². The van der Waals surface area contributed by atoms with Crippen molar-refractivity contribution >= 4 is 27.3 Å². The molecule has 3 aromatic rings. The predicted molar refractivity (Wildman–Crippen MR) is 112 cm³/mol. The first kappa shape index (κ1) is 21.2. The molecule has 29 heavy (non-hydrogen) atoms. The van der Waals surface area contributed by atoms with Crippen molar-refractivity contribution in [1.29, 1.82) is 0 Å². The van der Waals surface area contributed by atoms with Crippen LogP contribution in [0.2, 0.25) is 5.02 Å². The van der Waals surface area contributed by atoms with E-state index in [0.717, 1.165) is 6.26 Å². The number of hydrogen-bond acceptors (Lipinski definition) is 5. The number of aromatic nitrogens is 4. The highest BCUT2D eigenvalue weighted by Gasteiger charge is 2.22. The molecule has 0 bridgehead atoms. The highest BCUT2D eigenvalue weighted by atomic mass is 35.5. The van der Waals surface area contributed by atoms with Gasteiger partial charge in [-0.3, -0.25) is 9.40 Å². The van der Waals surface area contributed by atoms with Gasteiger partial charge in [-0.25, -0.2) is 22.8 Å². The van der Waals surface area contributed by atoms with E-state index in [-0.39, 0.29) is 22.3 Å². The fraction of sp³-hybridized carbons (Fsp3) is 0.316. The molecule has 10 heteroatoms. The Kier molecular flexibility index (Phi) is 5.90. The lowest BCUT2D eigenvalue weighted by Crippen LogP contribution is -2.11. The normalized spacial score (nSPS) is 11.8. The van der Waals surface area contributed by atoms with Crippen molar-refractivity contribution in [3.8, 4) is 22.5 Å². The molecule has 0 unspecified atom stereocenters. The summed E-state index contributed by atoms with van der Waals surface area (Å²) in [7, 11) is -3.69. The van der Waals surface area contributed by atoms with E-state index >= 15 is 4.39 Å².